The van der Waals surface area contributed by atoms with Gasteiger partial charge in [-0.25, -0.2) is 9.78 Å². The fourth-order valence-electron chi connectivity index (χ4n) is 4.48. The first-order valence-corrected chi connectivity index (χ1v) is 9.31. The number of fused-ring (bicyclic) bond motifs is 1. The first kappa shape index (κ1) is 17.3. The number of H-pyrrole nitrogens is 1. The van der Waals surface area contributed by atoms with Crippen LogP contribution >= 0.6 is 0 Å². The van der Waals surface area contributed by atoms with Crippen molar-refractivity contribution in [1.29, 1.82) is 0 Å². The Balaban J connectivity index is 1.44. The van der Waals surface area contributed by atoms with Gasteiger partial charge in [-0.05, 0) is 25.3 Å². The second-order valence-corrected chi connectivity index (χ2v) is 7.21. The lowest BCUT2D eigenvalue weighted by Crippen LogP contribution is -2.53. The average molecular weight is 358 g/mol. The average Bonchev–Trinajstić information content (AvgIpc) is 3.24. The summed E-state index contributed by atoms with van der Waals surface area (Å²) in [5.41, 5.74) is -0.144. The van der Waals surface area contributed by atoms with E-state index in [1.165, 1.54) is 0 Å². The molecule has 0 bridgehead atoms. The molecule has 0 radical (unpaired) electrons. The molecule has 1 N–H and O–H groups in total. The van der Waals surface area contributed by atoms with Gasteiger partial charge in [0.2, 0.25) is 5.88 Å². The van der Waals surface area contributed by atoms with E-state index in [9.17, 15) is 4.79 Å². The van der Waals surface area contributed by atoms with Crippen molar-refractivity contribution in [2.45, 2.75) is 50.0 Å². The number of hydrogen-bond donors (Lipinski definition) is 1. The van der Waals surface area contributed by atoms with Gasteiger partial charge in [-0.2, -0.15) is 0 Å². The lowest BCUT2D eigenvalue weighted by molar-refractivity contribution is -0.0834. The minimum atomic E-state index is -0.0902. The maximum absolute atomic E-state index is 11.7. The second-order valence-electron chi connectivity index (χ2n) is 7.21. The molecule has 2 aromatic heterocycles. The van der Waals surface area contributed by atoms with Crippen molar-refractivity contribution in [3.05, 3.63) is 47.3 Å². The topological polar surface area (TPSA) is 72.4 Å². The molecule has 2 aliphatic rings. The van der Waals surface area contributed by atoms with Crippen LogP contribution in [0, 0.1) is 0 Å². The van der Waals surface area contributed by atoms with Crippen molar-refractivity contribution in [3.8, 4) is 5.88 Å². The summed E-state index contributed by atoms with van der Waals surface area (Å²) in [6.07, 6.45) is 9.32. The summed E-state index contributed by atoms with van der Waals surface area (Å²) < 4.78 is 13.8. The molecule has 4 rings (SSSR count). The van der Waals surface area contributed by atoms with Crippen LogP contribution in [-0.2, 0) is 11.3 Å². The fourth-order valence-corrected chi connectivity index (χ4v) is 4.48. The van der Waals surface area contributed by atoms with Crippen molar-refractivity contribution in [1.82, 2.24) is 19.4 Å². The smallest absolute Gasteiger partial charge is 0.325 e. The highest BCUT2D eigenvalue weighted by molar-refractivity contribution is 5.11. The van der Waals surface area contributed by atoms with Crippen molar-refractivity contribution >= 4 is 0 Å². The molecular weight excluding hydrogens is 332 g/mol. The van der Waals surface area contributed by atoms with Crippen LogP contribution < -0.4 is 10.4 Å². The Kier molecular flexibility index (Phi) is 4.82. The van der Waals surface area contributed by atoms with Crippen LogP contribution in [0.5, 0.6) is 5.88 Å². The minimum Gasteiger partial charge on any atom is -0.474 e. The van der Waals surface area contributed by atoms with E-state index >= 15 is 0 Å². The molecule has 1 aliphatic heterocycles. The molecule has 3 heterocycles. The molecule has 140 valence electrons. The Hall–Kier alpha value is -2.12. The molecule has 0 aromatic carbocycles. The highest BCUT2D eigenvalue weighted by atomic mass is 16.5. The standard InChI is InChI=1S/C19H26N4O3/c1-25-19-6-5-15(26-17-4-2-3-8-20-17)14-16(19)22(10-7-19)12-13-23-11-9-21-18(23)24/h2-4,8-9,11,15-16H,5-7,10,12-14H2,1H3,(H,21,24)/t15-,16-,19+/m0/s1. The third kappa shape index (κ3) is 3.29. The highest BCUT2D eigenvalue weighted by Gasteiger charge is 2.51. The summed E-state index contributed by atoms with van der Waals surface area (Å²) >= 11 is 0. The largest absolute Gasteiger partial charge is 0.474 e. The normalized spacial score (nSPS) is 28.8. The molecule has 0 unspecified atom stereocenters. The van der Waals surface area contributed by atoms with Gasteiger partial charge in [0.05, 0.1) is 5.60 Å². The van der Waals surface area contributed by atoms with Gasteiger partial charge in [0.25, 0.3) is 0 Å². The van der Waals surface area contributed by atoms with Crippen molar-refractivity contribution < 1.29 is 9.47 Å². The molecule has 26 heavy (non-hydrogen) atoms. The summed E-state index contributed by atoms with van der Waals surface area (Å²) in [6, 6.07) is 6.06. The SMILES string of the molecule is CO[C@@]12CC[C@H](Oc3ccccn3)C[C@@H]1N(CCn1cc[nH]c1=O)CC2. The molecule has 2 aromatic rings. The van der Waals surface area contributed by atoms with Crippen LogP contribution in [0.3, 0.4) is 0 Å². The van der Waals surface area contributed by atoms with Crippen LogP contribution in [0.15, 0.2) is 41.6 Å². The summed E-state index contributed by atoms with van der Waals surface area (Å²) in [6.45, 7) is 2.52. The predicted octanol–water partition coefficient (Wildman–Crippen LogP) is 1.66. The third-order valence-electron chi connectivity index (χ3n) is 5.93. The lowest BCUT2D eigenvalue weighted by Gasteiger charge is -2.43. The van der Waals surface area contributed by atoms with Gasteiger partial charge in [-0.3, -0.25) is 9.47 Å². The Morgan fingerprint density at radius 2 is 2.27 bits per heavy atom. The molecule has 0 amide bonds. The lowest BCUT2D eigenvalue weighted by atomic mass is 9.79. The van der Waals surface area contributed by atoms with Crippen LogP contribution in [-0.4, -0.2) is 57.4 Å². The van der Waals surface area contributed by atoms with Gasteiger partial charge >= 0.3 is 5.69 Å². The Morgan fingerprint density at radius 1 is 1.35 bits per heavy atom. The van der Waals surface area contributed by atoms with Crippen molar-refractivity contribution in [2.24, 2.45) is 0 Å². The van der Waals surface area contributed by atoms with Crippen LogP contribution in [0.25, 0.3) is 0 Å². The molecule has 1 aliphatic carbocycles. The quantitative estimate of drug-likeness (QED) is 0.850. The van der Waals surface area contributed by atoms with Crippen LogP contribution in [0.2, 0.25) is 0 Å². The number of aromatic nitrogens is 3. The molecule has 1 saturated heterocycles. The Morgan fingerprint density at radius 3 is 3.00 bits per heavy atom. The van der Waals surface area contributed by atoms with E-state index in [1.807, 2.05) is 25.3 Å². The summed E-state index contributed by atoms with van der Waals surface area (Å²) in [7, 11) is 1.83. The Bertz CT molecular complexity index is 774. The van der Waals surface area contributed by atoms with Gasteiger partial charge in [-0.15, -0.1) is 0 Å². The van der Waals surface area contributed by atoms with Crippen molar-refractivity contribution in [3.63, 3.8) is 0 Å². The van der Waals surface area contributed by atoms with Crippen molar-refractivity contribution in [2.75, 3.05) is 20.2 Å². The van der Waals surface area contributed by atoms with E-state index in [1.54, 1.807) is 23.2 Å². The number of methoxy groups -OCH3 is 1. The maximum Gasteiger partial charge on any atom is 0.325 e. The van der Waals surface area contributed by atoms with E-state index in [2.05, 4.69) is 14.9 Å². The van der Waals surface area contributed by atoms with E-state index < -0.39 is 0 Å². The van der Waals surface area contributed by atoms with Crippen LogP contribution in [0.4, 0.5) is 0 Å². The van der Waals surface area contributed by atoms with Crippen LogP contribution in [0.1, 0.15) is 25.7 Å². The molecule has 7 nitrogen and oxygen atoms in total. The number of pyridine rings is 1. The fraction of sp³-hybridized carbons (Fsp3) is 0.579. The number of likely N-dealkylation sites (tertiary alicyclic amines) is 1. The molecule has 7 heteroatoms. The number of hydrogen-bond acceptors (Lipinski definition) is 5. The minimum absolute atomic E-state index is 0.0535. The molecule has 0 spiro atoms. The summed E-state index contributed by atoms with van der Waals surface area (Å²) in [5, 5.41) is 0. The maximum atomic E-state index is 11.7. The van der Waals surface area contributed by atoms with E-state index in [4.69, 9.17) is 9.47 Å². The zero-order valence-electron chi connectivity index (χ0n) is 15.1. The molecular formula is C19H26N4O3. The first-order chi connectivity index (χ1) is 12.7. The number of ether oxygens (including phenoxy) is 2. The van der Waals surface area contributed by atoms with Gasteiger partial charge in [0.15, 0.2) is 0 Å². The third-order valence-corrected chi connectivity index (χ3v) is 5.93. The monoisotopic (exact) mass is 358 g/mol. The van der Waals surface area contributed by atoms with Gasteiger partial charge in [0.1, 0.15) is 6.10 Å². The second kappa shape index (κ2) is 7.25. The zero-order valence-corrected chi connectivity index (χ0v) is 15.1. The molecule has 2 fully saturated rings. The number of nitrogens with zero attached hydrogens (tertiary/aromatic N) is 3. The summed E-state index contributed by atoms with van der Waals surface area (Å²) in [4.78, 5) is 21.2. The first-order valence-electron chi connectivity index (χ1n) is 9.31. The predicted molar refractivity (Wildman–Crippen MR) is 97.3 cm³/mol. The molecule has 3 atom stereocenters. The highest BCUT2D eigenvalue weighted by Crippen LogP contribution is 2.43. The van der Waals surface area contributed by atoms with Gasteiger partial charge < -0.3 is 14.5 Å². The summed E-state index contributed by atoms with van der Waals surface area (Å²) in [5.74, 6) is 0.686. The molecule has 1 saturated carbocycles. The number of imidazole rings is 1. The van der Waals surface area contributed by atoms with Gasteiger partial charge in [0, 0.05) is 63.9 Å². The zero-order chi connectivity index (χ0) is 18.0. The van der Waals surface area contributed by atoms with Gasteiger partial charge in [-0.1, -0.05) is 6.07 Å². The van der Waals surface area contributed by atoms with E-state index in [0.717, 1.165) is 38.8 Å². The number of rotatable bonds is 6. The van der Waals surface area contributed by atoms with E-state index in [-0.39, 0.29) is 17.4 Å². The number of aromatic amines is 1. The van der Waals surface area contributed by atoms with E-state index in [0.29, 0.717) is 18.5 Å². The Labute approximate surface area is 152 Å². The number of nitrogens with one attached hydrogen (secondary N) is 1.